The minimum atomic E-state index is -0.490. The van der Waals surface area contributed by atoms with Gasteiger partial charge in [0.2, 0.25) is 0 Å². The first-order chi connectivity index (χ1) is 13.7. The lowest BCUT2D eigenvalue weighted by Gasteiger charge is -2.23. The van der Waals surface area contributed by atoms with E-state index in [2.05, 4.69) is 20.4 Å². The summed E-state index contributed by atoms with van der Waals surface area (Å²) in [6.45, 7) is 4.61. The summed E-state index contributed by atoms with van der Waals surface area (Å²) in [5, 5.41) is 21.3. The molecule has 0 amide bonds. The van der Waals surface area contributed by atoms with Crippen LogP contribution in [0.1, 0.15) is 36.8 Å². The van der Waals surface area contributed by atoms with Crippen molar-refractivity contribution in [3.63, 3.8) is 0 Å². The molecule has 1 fully saturated rings. The number of aliphatic hydroxyl groups is 1. The van der Waals surface area contributed by atoms with Gasteiger partial charge in [-0.05, 0) is 62.7 Å². The molecule has 3 N–H and O–H groups in total. The van der Waals surface area contributed by atoms with Crippen LogP contribution < -0.4 is 10.1 Å². The third kappa shape index (κ3) is 7.09. The second kappa shape index (κ2) is 11.4. The van der Waals surface area contributed by atoms with Crippen molar-refractivity contribution >= 4 is 11.6 Å². The summed E-state index contributed by atoms with van der Waals surface area (Å²) in [5.74, 6) is 0.773. The average Bonchev–Trinajstić information content (AvgIpc) is 3.08. The smallest absolute Gasteiger partial charge is 0.124 e. The Kier molecular flexibility index (Phi) is 8.61. The van der Waals surface area contributed by atoms with Crippen LogP contribution in [-0.4, -0.2) is 59.1 Å². The maximum Gasteiger partial charge on any atom is 0.124 e. The summed E-state index contributed by atoms with van der Waals surface area (Å²) < 4.78 is 5.94. The number of β-amino-alcohol motifs (C(OH)–C–C–N with tert-alkyl or cyclic N) is 1. The van der Waals surface area contributed by atoms with Gasteiger partial charge in [-0.25, -0.2) is 0 Å². The highest BCUT2D eigenvalue weighted by atomic mass is 35.5. The van der Waals surface area contributed by atoms with E-state index >= 15 is 0 Å². The highest BCUT2D eigenvalue weighted by molar-refractivity contribution is 6.30. The Bertz CT molecular complexity index is 688. The lowest BCUT2D eigenvalue weighted by Crippen LogP contribution is -2.36. The van der Waals surface area contributed by atoms with Gasteiger partial charge >= 0.3 is 0 Å². The molecule has 2 aromatic rings. The number of aliphatic hydroxyl groups excluding tert-OH is 1. The van der Waals surface area contributed by atoms with Crippen molar-refractivity contribution in [3.05, 3.63) is 46.7 Å². The highest BCUT2D eigenvalue weighted by Gasteiger charge is 2.15. The van der Waals surface area contributed by atoms with Crippen LogP contribution in [0.25, 0.3) is 0 Å². The van der Waals surface area contributed by atoms with E-state index < -0.39 is 6.10 Å². The minimum absolute atomic E-state index is 0.292. The summed E-state index contributed by atoms with van der Waals surface area (Å²) in [5.41, 5.74) is 2.17. The first-order valence-corrected chi connectivity index (χ1v) is 10.6. The van der Waals surface area contributed by atoms with E-state index in [1.54, 1.807) is 0 Å². The first kappa shape index (κ1) is 21.1. The number of likely N-dealkylation sites (tertiary alicyclic amines) is 1. The number of aromatic nitrogens is 2. The number of nitrogens with zero attached hydrogens (tertiary/aromatic N) is 2. The van der Waals surface area contributed by atoms with E-state index in [1.807, 2.05) is 30.6 Å². The molecule has 0 spiro atoms. The topological polar surface area (TPSA) is 73.4 Å². The number of halogens is 1. The molecule has 0 saturated carbocycles. The third-order valence-electron chi connectivity index (χ3n) is 5.08. The minimum Gasteiger partial charge on any atom is -0.491 e. The van der Waals surface area contributed by atoms with Crippen LogP contribution in [0.3, 0.4) is 0 Å². The summed E-state index contributed by atoms with van der Waals surface area (Å²) in [7, 11) is 0. The Morgan fingerprint density at radius 3 is 2.82 bits per heavy atom. The van der Waals surface area contributed by atoms with E-state index in [0.29, 0.717) is 24.7 Å². The van der Waals surface area contributed by atoms with Crippen LogP contribution >= 0.6 is 11.6 Å². The lowest BCUT2D eigenvalue weighted by molar-refractivity contribution is 0.0690. The monoisotopic (exact) mass is 406 g/mol. The number of H-pyrrole nitrogens is 1. The quantitative estimate of drug-likeness (QED) is 0.529. The predicted molar refractivity (Wildman–Crippen MR) is 112 cm³/mol. The maximum atomic E-state index is 10.4. The van der Waals surface area contributed by atoms with Crippen LogP contribution in [0.5, 0.6) is 5.75 Å². The molecule has 0 bridgehead atoms. The Hall–Kier alpha value is -1.60. The van der Waals surface area contributed by atoms with Crippen LogP contribution in [0.15, 0.2) is 30.6 Å². The van der Waals surface area contributed by atoms with Crippen molar-refractivity contribution < 1.29 is 9.84 Å². The van der Waals surface area contributed by atoms with Crippen molar-refractivity contribution in [2.75, 3.05) is 32.8 Å². The fourth-order valence-corrected chi connectivity index (χ4v) is 3.75. The summed E-state index contributed by atoms with van der Waals surface area (Å²) in [4.78, 5) is 2.35. The van der Waals surface area contributed by atoms with E-state index in [1.165, 1.54) is 31.2 Å². The first-order valence-electron chi connectivity index (χ1n) is 10.2. The maximum absolute atomic E-state index is 10.4. The fourth-order valence-electron chi connectivity index (χ4n) is 3.55. The number of benzene rings is 1. The molecular weight excluding hydrogens is 376 g/mol. The van der Waals surface area contributed by atoms with Crippen molar-refractivity contribution in [1.82, 2.24) is 20.4 Å². The average molecular weight is 407 g/mol. The van der Waals surface area contributed by atoms with Crippen molar-refractivity contribution in [3.8, 4) is 5.75 Å². The molecule has 7 heteroatoms. The van der Waals surface area contributed by atoms with Crippen LogP contribution in [0.2, 0.25) is 5.02 Å². The molecule has 2 heterocycles. The van der Waals surface area contributed by atoms with E-state index in [-0.39, 0.29) is 0 Å². The molecule has 0 aliphatic carbocycles. The molecule has 1 aliphatic heterocycles. The summed E-state index contributed by atoms with van der Waals surface area (Å²) in [6, 6.07) is 5.63. The van der Waals surface area contributed by atoms with Gasteiger partial charge in [-0.2, -0.15) is 5.10 Å². The Balaban J connectivity index is 1.45. The molecule has 28 heavy (non-hydrogen) atoms. The molecule has 1 atom stereocenters. The number of hydrogen-bond donors (Lipinski definition) is 3. The standard InChI is InChI=1S/C21H31ClN4O2/c22-19-5-6-21(18(11-19)14-23-8-7-17-12-24-25-13-17)28-16-20(27)15-26-9-3-1-2-4-10-26/h5-6,11-13,20,23,27H,1-4,7-10,14-16H2,(H,24,25)/t20-/m0/s1. The second-order valence-corrected chi connectivity index (χ2v) is 7.90. The lowest BCUT2D eigenvalue weighted by atomic mass is 10.2. The zero-order valence-corrected chi connectivity index (χ0v) is 17.1. The van der Waals surface area contributed by atoms with Crippen LogP contribution in [0, 0.1) is 0 Å². The van der Waals surface area contributed by atoms with Gasteiger partial charge in [-0.15, -0.1) is 0 Å². The molecule has 0 radical (unpaired) electrons. The van der Waals surface area contributed by atoms with Gasteiger partial charge in [0.05, 0.1) is 6.20 Å². The Morgan fingerprint density at radius 2 is 2.07 bits per heavy atom. The van der Waals surface area contributed by atoms with Crippen LogP contribution in [-0.2, 0) is 13.0 Å². The molecule has 1 aliphatic rings. The van der Waals surface area contributed by atoms with Gasteiger partial charge < -0.3 is 20.1 Å². The summed E-state index contributed by atoms with van der Waals surface area (Å²) in [6.07, 6.45) is 9.19. The van der Waals surface area contributed by atoms with Gasteiger partial charge in [-0.3, -0.25) is 5.10 Å². The molecule has 1 saturated heterocycles. The molecular formula is C21H31ClN4O2. The molecule has 1 aromatic heterocycles. The fraction of sp³-hybridized carbons (Fsp3) is 0.571. The molecule has 3 rings (SSSR count). The zero-order chi connectivity index (χ0) is 19.6. The largest absolute Gasteiger partial charge is 0.491 e. The molecule has 154 valence electrons. The zero-order valence-electron chi connectivity index (χ0n) is 16.4. The predicted octanol–water partition coefficient (Wildman–Crippen LogP) is 3.01. The van der Waals surface area contributed by atoms with E-state index in [4.69, 9.17) is 16.3 Å². The van der Waals surface area contributed by atoms with E-state index in [0.717, 1.165) is 37.4 Å². The van der Waals surface area contributed by atoms with Gasteiger partial charge in [-0.1, -0.05) is 24.4 Å². The van der Waals surface area contributed by atoms with Crippen molar-refractivity contribution in [1.29, 1.82) is 0 Å². The van der Waals surface area contributed by atoms with Gasteiger partial charge in [0, 0.05) is 29.9 Å². The number of rotatable bonds is 10. The number of hydrogen-bond acceptors (Lipinski definition) is 5. The Morgan fingerprint density at radius 1 is 1.25 bits per heavy atom. The molecule has 0 unspecified atom stereocenters. The van der Waals surface area contributed by atoms with Gasteiger partial charge in [0.1, 0.15) is 18.5 Å². The summed E-state index contributed by atoms with van der Waals surface area (Å²) >= 11 is 6.17. The van der Waals surface area contributed by atoms with Crippen LogP contribution in [0.4, 0.5) is 0 Å². The van der Waals surface area contributed by atoms with Crippen molar-refractivity contribution in [2.45, 2.75) is 44.8 Å². The molecule has 6 nitrogen and oxygen atoms in total. The van der Waals surface area contributed by atoms with Crippen molar-refractivity contribution in [2.24, 2.45) is 0 Å². The highest BCUT2D eigenvalue weighted by Crippen LogP contribution is 2.23. The normalized spacial score (nSPS) is 16.6. The van der Waals surface area contributed by atoms with Gasteiger partial charge in [0.25, 0.3) is 0 Å². The molecule has 1 aromatic carbocycles. The van der Waals surface area contributed by atoms with E-state index in [9.17, 15) is 5.11 Å². The number of aromatic amines is 1. The SMILES string of the molecule is O[C@H](COc1ccc(Cl)cc1CNCCc1cn[nH]c1)CN1CCCCCC1. The van der Waals surface area contributed by atoms with Gasteiger partial charge in [0.15, 0.2) is 0 Å². The number of ether oxygens (including phenoxy) is 1. The Labute approximate surface area is 172 Å². The number of nitrogens with one attached hydrogen (secondary N) is 2. The second-order valence-electron chi connectivity index (χ2n) is 7.47. The third-order valence-corrected chi connectivity index (χ3v) is 5.32.